The lowest BCUT2D eigenvalue weighted by atomic mass is 10.1. The van der Waals surface area contributed by atoms with Crippen LogP contribution < -0.4 is 4.90 Å². The molecule has 0 unspecified atom stereocenters. The van der Waals surface area contributed by atoms with E-state index in [-0.39, 0.29) is 5.02 Å². The number of ether oxygens (including phenoxy) is 1. The molecule has 0 spiro atoms. The lowest BCUT2D eigenvalue weighted by Crippen LogP contribution is -2.36. The van der Waals surface area contributed by atoms with Crippen molar-refractivity contribution < 1.29 is 9.13 Å². The SMILES string of the molecule is Fc1ccc2c(-n3c(C4CC4)nc4c(-c5cnc(Cl)[nH]5)cc(N5CCOCC5)cc43)ccnc2c1Cl. The topological polar surface area (TPSA) is 71.9 Å². The summed E-state index contributed by atoms with van der Waals surface area (Å²) in [5.74, 6) is 0.838. The number of nitrogens with one attached hydrogen (secondary N) is 1. The third-order valence-corrected chi connectivity index (χ3v) is 7.50. The van der Waals surface area contributed by atoms with Crippen LogP contribution in [0.15, 0.2) is 42.7 Å². The molecular weight excluding hydrogens is 502 g/mol. The third-order valence-electron chi connectivity index (χ3n) is 6.95. The van der Waals surface area contributed by atoms with Gasteiger partial charge >= 0.3 is 0 Å². The molecule has 2 fully saturated rings. The number of fused-ring (bicyclic) bond motifs is 2. The van der Waals surface area contributed by atoms with E-state index in [9.17, 15) is 4.39 Å². The zero-order valence-electron chi connectivity index (χ0n) is 19.1. The third kappa shape index (κ3) is 3.55. The standard InChI is InChI=1S/C26H21Cl2FN6O/c27-22-18(29)4-3-16-20(5-6-30-24(16)22)35-21-12-15(34-7-9-36-10-8-34)11-17(19-13-31-26(28)32-19)23(21)33-25(35)14-1-2-14/h3-6,11-14H,1-2,7-10H2,(H,31,32). The summed E-state index contributed by atoms with van der Waals surface area (Å²) in [6, 6.07) is 9.39. The number of rotatable bonds is 4. The van der Waals surface area contributed by atoms with Crippen LogP contribution in [0.5, 0.6) is 0 Å². The summed E-state index contributed by atoms with van der Waals surface area (Å²) < 4.78 is 22.0. The van der Waals surface area contributed by atoms with Crippen LogP contribution in [-0.4, -0.2) is 50.8 Å². The first-order valence-electron chi connectivity index (χ1n) is 11.9. The maximum absolute atomic E-state index is 14.3. The molecule has 4 heterocycles. The number of aromatic nitrogens is 5. The van der Waals surface area contributed by atoms with Crippen LogP contribution >= 0.6 is 23.2 Å². The molecule has 0 bridgehead atoms. The first-order valence-corrected chi connectivity index (χ1v) is 12.7. The van der Waals surface area contributed by atoms with Crippen molar-refractivity contribution >= 4 is 50.8 Å². The highest BCUT2D eigenvalue weighted by Crippen LogP contribution is 2.45. The van der Waals surface area contributed by atoms with Gasteiger partial charge in [-0.1, -0.05) is 11.6 Å². The molecule has 1 aliphatic carbocycles. The number of halogens is 3. The fraction of sp³-hybridized carbons (Fsp3) is 0.269. The zero-order chi connectivity index (χ0) is 24.4. The number of morpholine rings is 1. The second kappa shape index (κ2) is 8.44. The second-order valence-corrected chi connectivity index (χ2v) is 9.95. The normalized spacial score (nSPS) is 16.4. The summed E-state index contributed by atoms with van der Waals surface area (Å²) in [6.07, 6.45) is 5.56. The van der Waals surface area contributed by atoms with Crippen LogP contribution in [-0.2, 0) is 4.74 Å². The Bertz CT molecular complexity index is 1640. The van der Waals surface area contributed by atoms with Gasteiger partial charge in [-0.05, 0) is 54.8 Å². The van der Waals surface area contributed by atoms with Crippen molar-refractivity contribution in [1.82, 2.24) is 24.5 Å². The molecule has 1 saturated heterocycles. The first-order chi connectivity index (χ1) is 17.6. The molecule has 182 valence electrons. The van der Waals surface area contributed by atoms with Crippen molar-refractivity contribution in [2.75, 3.05) is 31.2 Å². The van der Waals surface area contributed by atoms with Crippen LogP contribution in [0.4, 0.5) is 10.1 Å². The highest BCUT2D eigenvalue weighted by Gasteiger charge is 2.32. The van der Waals surface area contributed by atoms with Crippen LogP contribution in [0.3, 0.4) is 0 Å². The Hall–Kier alpha value is -3.20. The minimum atomic E-state index is -0.486. The van der Waals surface area contributed by atoms with E-state index in [1.807, 2.05) is 6.07 Å². The van der Waals surface area contributed by atoms with Crippen molar-refractivity contribution in [3.63, 3.8) is 0 Å². The first kappa shape index (κ1) is 22.0. The van der Waals surface area contributed by atoms with Gasteiger partial charge in [-0.15, -0.1) is 0 Å². The summed E-state index contributed by atoms with van der Waals surface area (Å²) in [5, 5.41) is 1.12. The minimum absolute atomic E-state index is 0.0218. The Morgan fingerprint density at radius 1 is 1.03 bits per heavy atom. The highest BCUT2D eigenvalue weighted by atomic mass is 35.5. The van der Waals surface area contributed by atoms with Gasteiger partial charge in [0.1, 0.15) is 16.7 Å². The molecule has 5 aromatic rings. The van der Waals surface area contributed by atoms with Crippen LogP contribution in [0, 0.1) is 5.82 Å². The Morgan fingerprint density at radius 2 is 1.86 bits per heavy atom. The van der Waals surface area contributed by atoms with Crippen molar-refractivity contribution in [2.45, 2.75) is 18.8 Å². The molecule has 0 amide bonds. The van der Waals surface area contributed by atoms with Gasteiger partial charge in [0.15, 0.2) is 5.28 Å². The lowest BCUT2D eigenvalue weighted by molar-refractivity contribution is 0.122. The van der Waals surface area contributed by atoms with Gasteiger partial charge in [-0.3, -0.25) is 9.55 Å². The van der Waals surface area contributed by atoms with Gasteiger partial charge in [-0.2, -0.15) is 0 Å². The number of pyridine rings is 1. The molecule has 2 aliphatic rings. The number of H-pyrrole nitrogens is 1. The largest absolute Gasteiger partial charge is 0.378 e. The molecule has 0 radical (unpaired) electrons. The van der Waals surface area contributed by atoms with Crippen LogP contribution in [0.1, 0.15) is 24.6 Å². The summed E-state index contributed by atoms with van der Waals surface area (Å²) in [6.45, 7) is 2.94. The fourth-order valence-corrected chi connectivity index (χ4v) is 5.40. The predicted octanol–water partition coefficient (Wildman–Crippen LogP) is 6.12. The maximum Gasteiger partial charge on any atom is 0.200 e. The van der Waals surface area contributed by atoms with E-state index >= 15 is 0 Å². The number of anilines is 1. The number of hydrogen-bond acceptors (Lipinski definition) is 5. The second-order valence-electron chi connectivity index (χ2n) is 9.22. The van der Waals surface area contributed by atoms with Crippen LogP contribution in [0.2, 0.25) is 10.3 Å². The Kier molecular flexibility index (Phi) is 5.16. The molecule has 10 heteroatoms. The summed E-state index contributed by atoms with van der Waals surface area (Å²) >= 11 is 12.5. The smallest absolute Gasteiger partial charge is 0.200 e. The number of hydrogen-bond donors (Lipinski definition) is 1. The van der Waals surface area contributed by atoms with E-state index in [0.717, 1.165) is 70.8 Å². The molecule has 1 N–H and O–H groups in total. The molecule has 7 rings (SSSR count). The van der Waals surface area contributed by atoms with Crippen molar-refractivity contribution in [1.29, 1.82) is 0 Å². The number of aromatic amines is 1. The average Bonchev–Trinajstić information content (AvgIpc) is 3.55. The maximum atomic E-state index is 14.3. The Morgan fingerprint density at radius 3 is 2.61 bits per heavy atom. The van der Waals surface area contributed by atoms with Gasteiger partial charge in [-0.25, -0.2) is 14.4 Å². The average molecular weight is 523 g/mol. The van der Waals surface area contributed by atoms with E-state index < -0.39 is 5.82 Å². The Labute approximate surface area is 215 Å². The number of nitrogens with zero attached hydrogens (tertiary/aromatic N) is 5. The van der Waals surface area contributed by atoms with Crippen molar-refractivity contribution in [2.24, 2.45) is 0 Å². The van der Waals surface area contributed by atoms with E-state index in [2.05, 4.69) is 36.6 Å². The van der Waals surface area contributed by atoms with E-state index in [0.29, 0.717) is 29.9 Å². The molecule has 1 aliphatic heterocycles. The number of benzene rings is 2. The van der Waals surface area contributed by atoms with Gasteiger partial charge < -0.3 is 14.6 Å². The van der Waals surface area contributed by atoms with Gasteiger partial charge in [0, 0.05) is 41.8 Å². The van der Waals surface area contributed by atoms with Crippen molar-refractivity contribution in [3.05, 3.63) is 64.7 Å². The van der Waals surface area contributed by atoms with Crippen LogP contribution in [0.25, 0.3) is 38.9 Å². The zero-order valence-corrected chi connectivity index (χ0v) is 20.7. The molecule has 36 heavy (non-hydrogen) atoms. The monoisotopic (exact) mass is 522 g/mol. The minimum Gasteiger partial charge on any atom is -0.378 e. The fourth-order valence-electron chi connectivity index (χ4n) is 5.03. The molecule has 7 nitrogen and oxygen atoms in total. The van der Waals surface area contributed by atoms with Gasteiger partial charge in [0.05, 0.1) is 47.3 Å². The van der Waals surface area contributed by atoms with E-state index in [1.165, 1.54) is 6.07 Å². The molecule has 3 aromatic heterocycles. The van der Waals surface area contributed by atoms with Gasteiger partial charge in [0.2, 0.25) is 0 Å². The predicted molar refractivity (Wildman–Crippen MR) is 139 cm³/mol. The molecule has 1 saturated carbocycles. The summed E-state index contributed by atoms with van der Waals surface area (Å²) in [7, 11) is 0. The molecule has 2 aromatic carbocycles. The van der Waals surface area contributed by atoms with Crippen molar-refractivity contribution in [3.8, 4) is 16.9 Å². The summed E-state index contributed by atoms with van der Waals surface area (Å²) in [5.41, 5.74) is 5.91. The van der Waals surface area contributed by atoms with E-state index in [4.69, 9.17) is 32.9 Å². The summed E-state index contributed by atoms with van der Waals surface area (Å²) in [4.78, 5) is 19.3. The quantitative estimate of drug-likeness (QED) is 0.307. The number of imidazole rings is 2. The Balaban J connectivity index is 1.55. The highest BCUT2D eigenvalue weighted by molar-refractivity contribution is 6.35. The van der Waals surface area contributed by atoms with Gasteiger partial charge in [0.25, 0.3) is 0 Å². The lowest BCUT2D eigenvalue weighted by Gasteiger charge is -2.29. The molecular formula is C26H21Cl2FN6O. The van der Waals surface area contributed by atoms with E-state index in [1.54, 1.807) is 18.5 Å². The molecule has 0 atom stereocenters.